The minimum absolute atomic E-state index is 0.120. The maximum Gasteiger partial charge on any atom is 0.355 e. The summed E-state index contributed by atoms with van der Waals surface area (Å²) in [7, 11) is 1.46. The number of hydrogen-bond donors (Lipinski definition) is 1. The topological polar surface area (TPSA) is 88.1 Å². The maximum atomic E-state index is 12.0. The first kappa shape index (κ1) is 17.0. The molecule has 2 amide bonds. The number of benzene rings is 1. The van der Waals surface area contributed by atoms with E-state index < -0.39 is 18.0 Å². The van der Waals surface area contributed by atoms with Gasteiger partial charge in [-0.25, -0.2) is 9.80 Å². The lowest BCUT2D eigenvalue weighted by atomic mass is 10.2. The predicted molar refractivity (Wildman–Crippen MR) is 85.1 cm³/mol. The number of ether oxygens (including phenoxy) is 1. The number of esters is 1. The van der Waals surface area contributed by atoms with E-state index in [0.29, 0.717) is 10.7 Å². The Morgan fingerprint density at radius 3 is 2.78 bits per heavy atom. The molecule has 0 spiro atoms. The van der Waals surface area contributed by atoms with Crippen molar-refractivity contribution in [3.63, 3.8) is 0 Å². The Morgan fingerprint density at radius 1 is 1.39 bits per heavy atom. The highest BCUT2D eigenvalue weighted by molar-refractivity contribution is 6.37. The monoisotopic (exact) mass is 337 g/mol. The van der Waals surface area contributed by atoms with Crippen LogP contribution in [0.25, 0.3) is 0 Å². The van der Waals surface area contributed by atoms with Gasteiger partial charge in [0.2, 0.25) is 5.91 Å². The van der Waals surface area contributed by atoms with Crippen molar-refractivity contribution in [1.82, 2.24) is 5.01 Å². The Morgan fingerprint density at radius 2 is 2.13 bits per heavy atom. The lowest BCUT2D eigenvalue weighted by Gasteiger charge is -2.20. The highest BCUT2D eigenvalue weighted by Gasteiger charge is 2.26. The number of hydrogen-bond acceptors (Lipinski definition) is 5. The minimum atomic E-state index is -1.01. The third-order valence-corrected chi connectivity index (χ3v) is 3.42. The lowest BCUT2D eigenvalue weighted by Crippen LogP contribution is -2.36. The van der Waals surface area contributed by atoms with E-state index in [-0.39, 0.29) is 24.5 Å². The maximum absolute atomic E-state index is 12.0. The quantitative estimate of drug-likeness (QED) is 0.849. The van der Waals surface area contributed by atoms with Gasteiger partial charge < -0.3 is 10.1 Å². The van der Waals surface area contributed by atoms with E-state index in [0.717, 1.165) is 5.01 Å². The lowest BCUT2D eigenvalue weighted by molar-refractivity contribution is -0.146. The summed E-state index contributed by atoms with van der Waals surface area (Å²) in [5.74, 6) is -1.37. The molecular formula is C15H16ClN3O4. The summed E-state index contributed by atoms with van der Waals surface area (Å²) >= 11 is 5.83. The summed E-state index contributed by atoms with van der Waals surface area (Å²) in [6, 6.07) is 6.63. The van der Waals surface area contributed by atoms with Crippen molar-refractivity contribution in [3.8, 4) is 0 Å². The van der Waals surface area contributed by atoms with Crippen molar-refractivity contribution < 1.29 is 19.1 Å². The zero-order valence-corrected chi connectivity index (χ0v) is 13.5. The largest absolute Gasteiger partial charge is 0.448 e. The van der Waals surface area contributed by atoms with Gasteiger partial charge in [0.15, 0.2) is 6.10 Å². The molecule has 8 heteroatoms. The Bertz CT molecular complexity index is 674. The van der Waals surface area contributed by atoms with Gasteiger partial charge in [-0.3, -0.25) is 9.59 Å². The highest BCUT2D eigenvalue weighted by Crippen LogP contribution is 2.15. The van der Waals surface area contributed by atoms with Crippen LogP contribution in [-0.4, -0.2) is 41.7 Å². The molecule has 0 saturated heterocycles. The van der Waals surface area contributed by atoms with E-state index in [1.807, 2.05) is 0 Å². The summed E-state index contributed by atoms with van der Waals surface area (Å²) in [6.45, 7) is 1.45. The molecule has 0 radical (unpaired) electrons. The molecule has 1 aliphatic rings. The molecule has 1 aromatic rings. The zero-order chi connectivity index (χ0) is 17.0. The van der Waals surface area contributed by atoms with Gasteiger partial charge in [-0.1, -0.05) is 17.7 Å². The van der Waals surface area contributed by atoms with Crippen molar-refractivity contribution >= 4 is 40.8 Å². The molecule has 0 fully saturated rings. The van der Waals surface area contributed by atoms with Gasteiger partial charge in [-0.05, 0) is 25.1 Å². The molecule has 0 aromatic heterocycles. The molecule has 1 unspecified atom stereocenters. The normalized spacial score (nSPS) is 15.7. The molecule has 122 valence electrons. The van der Waals surface area contributed by atoms with Crippen molar-refractivity contribution in [2.75, 3.05) is 12.4 Å². The second kappa shape index (κ2) is 7.23. The van der Waals surface area contributed by atoms with Gasteiger partial charge in [0, 0.05) is 30.6 Å². The molecule has 2 rings (SSSR count). The average molecular weight is 338 g/mol. The predicted octanol–water partition coefficient (Wildman–Crippen LogP) is 1.82. The SMILES string of the molecule is CC(OC(=O)C1=NN(C)C(=O)CC1)C(=O)Nc1cccc(Cl)c1. The Kier molecular flexibility index (Phi) is 5.33. The third-order valence-electron chi connectivity index (χ3n) is 3.19. The fourth-order valence-corrected chi connectivity index (χ4v) is 2.10. The van der Waals surface area contributed by atoms with E-state index in [2.05, 4.69) is 10.4 Å². The number of amides is 2. The average Bonchev–Trinajstić information content (AvgIpc) is 2.49. The van der Waals surface area contributed by atoms with Crippen LogP contribution >= 0.6 is 11.6 Å². The van der Waals surface area contributed by atoms with Gasteiger partial charge in [-0.2, -0.15) is 5.10 Å². The van der Waals surface area contributed by atoms with Crippen molar-refractivity contribution in [3.05, 3.63) is 29.3 Å². The number of carbonyl (C=O) groups excluding carboxylic acids is 3. The van der Waals surface area contributed by atoms with Crippen molar-refractivity contribution in [2.45, 2.75) is 25.9 Å². The molecule has 1 aliphatic heterocycles. The molecule has 1 aromatic carbocycles. The zero-order valence-electron chi connectivity index (χ0n) is 12.7. The third kappa shape index (κ3) is 4.53. The number of hydrazone groups is 1. The molecule has 0 bridgehead atoms. The number of anilines is 1. The van der Waals surface area contributed by atoms with Crippen LogP contribution in [0, 0.1) is 0 Å². The Balaban J connectivity index is 1.94. The van der Waals surface area contributed by atoms with Crippen molar-refractivity contribution in [2.24, 2.45) is 5.10 Å². The molecule has 0 saturated carbocycles. The summed E-state index contributed by atoms with van der Waals surface area (Å²) in [5, 5.41) is 8.03. The highest BCUT2D eigenvalue weighted by atomic mass is 35.5. The van der Waals surface area contributed by atoms with Crippen molar-refractivity contribution in [1.29, 1.82) is 0 Å². The van der Waals surface area contributed by atoms with E-state index in [4.69, 9.17) is 16.3 Å². The van der Waals surface area contributed by atoms with E-state index in [1.165, 1.54) is 14.0 Å². The number of rotatable bonds is 4. The fraction of sp³-hybridized carbons (Fsp3) is 0.333. The molecule has 1 atom stereocenters. The van der Waals surface area contributed by atoms with Gasteiger partial charge in [-0.15, -0.1) is 0 Å². The first-order valence-electron chi connectivity index (χ1n) is 6.98. The van der Waals surface area contributed by atoms with E-state index in [9.17, 15) is 14.4 Å². The smallest absolute Gasteiger partial charge is 0.355 e. The van der Waals surface area contributed by atoms with Gasteiger partial charge in [0.05, 0.1) is 0 Å². The van der Waals surface area contributed by atoms with Crippen LogP contribution in [0.3, 0.4) is 0 Å². The van der Waals surface area contributed by atoms with E-state index in [1.54, 1.807) is 24.3 Å². The van der Waals surface area contributed by atoms with Crippen LogP contribution in [0.4, 0.5) is 5.69 Å². The second-order valence-corrected chi connectivity index (χ2v) is 5.45. The first-order valence-corrected chi connectivity index (χ1v) is 7.36. The Labute approximate surface area is 138 Å². The molecule has 1 heterocycles. The minimum Gasteiger partial charge on any atom is -0.448 e. The summed E-state index contributed by atoms with van der Waals surface area (Å²) in [5.41, 5.74) is 0.625. The molecule has 7 nitrogen and oxygen atoms in total. The summed E-state index contributed by atoms with van der Waals surface area (Å²) in [4.78, 5) is 35.3. The second-order valence-electron chi connectivity index (χ2n) is 5.01. The first-order chi connectivity index (χ1) is 10.9. The van der Waals surface area contributed by atoms with Gasteiger partial charge in [0.25, 0.3) is 5.91 Å². The molecular weight excluding hydrogens is 322 g/mol. The summed E-state index contributed by atoms with van der Waals surface area (Å²) < 4.78 is 5.08. The standard InChI is InChI=1S/C15H16ClN3O4/c1-9(14(21)17-11-5-3-4-10(16)8-11)23-15(22)12-6-7-13(20)19(2)18-12/h3-5,8-9H,6-7H2,1-2H3,(H,17,21). The van der Waals surface area contributed by atoms with Crippen LogP contribution in [0.2, 0.25) is 5.02 Å². The molecule has 23 heavy (non-hydrogen) atoms. The van der Waals surface area contributed by atoms with Crippen LogP contribution < -0.4 is 5.32 Å². The van der Waals surface area contributed by atoms with Crippen LogP contribution in [0.15, 0.2) is 29.4 Å². The van der Waals surface area contributed by atoms with Gasteiger partial charge in [0.1, 0.15) is 5.71 Å². The number of nitrogens with one attached hydrogen (secondary N) is 1. The van der Waals surface area contributed by atoms with Crippen LogP contribution in [-0.2, 0) is 19.1 Å². The number of halogens is 1. The number of carbonyl (C=O) groups is 3. The Hall–Kier alpha value is -2.41. The van der Waals surface area contributed by atoms with Crippen LogP contribution in [0.5, 0.6) is 0 Å². The fourth-order valence-electron chi connectivity index (χ4n) is 1.91. The number of nitrogens with zero attached hydrogens (tertiary/aromatic N) is 2. The van der Waals surface area contributed by atoms with E-state index >= 15 is 0 Å². The summed E-state index contributed by atoms with van der Waals surface area (Å²) in [6.07, 6.45) is -0.620. The molecule has 1 N–H and O–H groups in total. The van der Waals surface area contributed by atoms with Gasteiger partial charge >= 0.3 is 5.97 Å². The molecule has 0 aliphatic carbocycles. The van der Waals surface area contributed by atoms with Crippen LogP contribution in [0.1, 0.15) is 19.8 Å².